The molecule has 0 heterocycles. The number of rotatable bonds is 40. The van der Waals surface area contributed by atoms with E-state index in [4.69, 9.17) is 33.2 Å². The summed E-state index contributed by atoms with van der Waals surface area (Å²) in [6.07, 6.45) is 27.3. The fourth-order valence-electron chi connectivity index (χ4n) is 10.4. The summed E-state index contributed by atoms with van der Waals surface area (Å²) in [5.74, 6) is -0.248. The molecule has 69 heavy (non-hydrogen) atoms. The normalized spacial score (nSPS) is 19.5. The molecule has 4 bridgehead atoms. The third-order valence-electron chi connectivity index (χ3n) is 13.9. The van der Waals surface area contributed by atoms with Gasteiger partial charge in [0.15, 0.2) is 0 Å². The van der Waals surface area contributed by atoms with Gasteiger partial charge in [-0.15, -0.1) is 0 Å². The van der Waals surface area contributed by atoms with Gasteiger partial charge >= 0.3 is 36.0 Å². The van der Waals surface area contributed by atoms with E-state index in [0.29, 0.717) is 75.9 Å². The van der Waals surface area contributed by atoms with Crippen molar-refractivity contribution < 1.29 is 61.9 Å². The highest BCUT2D eigenvalue weighted by Crippen LogP contribution is 2.61. The molecule has 0 aliphatic heterocycles. The van der Waals surface area contributed by atoms with Crippen LogP contribution in [-0.2, 0) is 57.1 Å². The molecule has 4 rings (SSSR count). The van der Waals surface area contributed by atoms with E-state index in [1.807, 2.05) is 12.2 Å². The van der Waals surface area contributed by atoms with Crippen LogP contribution in [0.5, 0.6) is 0 Å². The van der Waals surface area contributed by atoms with Gasteiger partial charge in [0.2, 0.25) is 0 Å². The quantitative estimate of drug-likeness (QED) is 0.0246. The average Bonchev–Trinajstić information content (AvgIpc) is 3.32. The molecule has 0 aromatic heterocycles. The zero-order chi connectivity index (χ0) is 50.0. The van der Waals surface area contributed by atoms with Crippen molar-refractivity contribution in [3.05, 3.63) is 24.3 Å². The topological polar surface area (TPSA) is 170 Å². The smallest absolute Gasteiger partial charge is 0.465 e. The van der Waals surface area contributed by atoms with Gasteiger partial charge in [0.05, 0.1) is 26.2 Å². The zero-order valence-corrected chi connectivity index (χ0v) is 43.3. The maximum Gasteiger partial charge on any atom is 0.508 e. The van der Waals surface area contributed by atoms with Gasteiger partial charge in [-0.2, -0.15) is 0 Å². The van der Waals surface area contributed by atoms with Gasteiger partial charge in [-0.25, -0.2) is 4.79 Å². The van der Waals surface area contributed by atoms with Gasteiger partial charge in [-0.05, 0) is 145 Å². The molecule has 4 aliphatic rings. The van der Waals surface area contributed by atoms with E-state index in [9.17, 15) is 28.8 Å². The zero-order valence-electron chi connectivity index (χ0n) is 43.3. The summed E-state index contributed by atoms with van der Waals surface area (Å²) >= 11 is 0. The van der Waals surface area contributed by atoms with Crippen LogP contribution in [0, 0.1) is 28.6 Å². The van der Waals surface area contributed by atoms with Crippen molar-refractivity contribution in [2.75, 3.05) is 65.9 Å². The van der Waals surface area contributed by atoms with Crippen LogP contribution in [0.3, 0.4) is 0 Å². The Morgan fingerprint density at radius 3 is 1.30 bits per heavy atom. The fourth-order valence-corrected chi connectivity index (χ4v) is 10.4. The van der Waals surface area contributed by atoms with Gasteiger partial charge in [-0.1, -0.05) is 77.7 Å². The van der Waals surface area contributed by atoms with E-state index >= 15 is 0 Å². The Bertz CT molecular complexity index is 1460. The summed E-state index contributed by atoms with van der Waals surface area (Å²) < 4.78 is 39.3. The Morgan fingerprint density at radius 1 is 0.464 bits per heavy atom. The lowest BCUT2D eigenvalue weighted by Gasteiger charge is -2.56. The highest BCUT2D eigenvalue weighted by Gasteiger charge is 2.52. The van der Waals surface area contributed by atoms with Gasteiger partial charge < -0.3 is 38.1 Å². The molecule has 0 saturated heterocycles. The van der Waals surface area contributed by atoms with Crippen LogP contribution in [0.1, 0.15) is 195 Å². The molecule has 394 valence electrons. The van der Waals surface area contributed by atoms with Crippen LogP contribution < -0.4 is 0 Å². The van der Waals surface area contributed by atoms with E-state index in [1.54, 1.807) is 0 Å². The molecule has 4 fully saturated rings. The number of nitrogens with zero attached hydrogens (tertiary/aromatic N) is 1. The predicted molar refractivity (Wildman–Crippen MR) is 265 cm³/mol. The fraction of sp³-hybridized carbons (Fsp3) is 0.818. The monoisotopic (exact) mass is 974 g/mol. The van der Waals surface area contributed by atoms with Gasteiger partial charge in [0.25, 0.3) is 0 Å². The number of hydrogen-bond donors (Lipinski definition) is 0. The SMILES string of the molecule is CCCCC/C=C\CCOC(=O)CCCCC(=O)OCC(COC(=O)CCCCC(=O)OCC/C=C\CCCCC)(COC(=O)CC12CC3CC(CC(C3)C1)C2)COC(=O)OCCCN(CC)CC. The maximum absolute atomic E-state index is 13.8. The number of carbonyl (C=O) groups is 6. The first-order valence-electron chi connectivity index (χ1n) is 27.0. The summed E-state index contributed by atoms with van der Waals surface area (Å²) in [7, 11) is 0. The minimum atomic E-state index is -1.45. The molecule has 14 heteroatoms. The van der Waals surface area contributed by atoms with E-state index in [0.717, 1.165) is 64.6 Å². The molecule has 0 spiro atoms. The molecule has 4 saturated carbocycles. The Morgan fingerprint density at radius 2 is 0.870 bits per heavy atom. The van der Waals surface area contributed by atoms with Gasteiger partial charge in [0.1, 0.15) is 31.8 Å². The van der Waals surface area contributed by atoms with Crippen molar-refractivity contribution in [2.45, 2.75) is 195 Å². The highest BCUT2D eigenvalue weighted by molar-refractivity contribution is 5.72. The van der Waals surface area contributed by atoms with E-state index in [2.05, 4.69) is 44.7 Å². The molecule has 14 nitrogen and oxygen atoms in total. The minimum absolute atomic E-state index is 0.00305. The van der Waals surface area contributed by atoms with E-state index in [1.165, 1.54) is 44.9 Å². The Kier molecular flexibility index (Phi) is 30.3. The third kappa shape index (κ3) is 26.2. The van der Waals surface area contributed by atoms with Crippen molar-refractivity contribution in [1.29, 1.82) is 0 Å². The summed E-state index contributed by atoms with van der Waals surface area (Å²) in [6.45, 7) is 10.2. The van der Waals surface area contributed by atoms with Crippen molar-refractivity contribution >= 4 is 36.0 Å². The largest absolute Gasteiger partial charge is 0.508 e. The summed E-state index contributed by atoms with van der Waals surface area (Å²) in [5.41, 5.74) is -1.54. The summed E-state index contributed by atoms with van der Waals surface area (Å²) in [5, 5.41) is 0. The molecule has 0 unspecified atom stereocenters. The second-order valence-electron chi connectivity index (χ2n) is 20.2. The second-order valence-corrected chi connectivity index (χ2v) is 20.2. The standard InChI is InChI=1S/C55H91NO13/c1-5-9-11-13-15-17-23-31-63-48(57)26-19-21-28-50(59)66-41-55(44-69-53(62)65-33-25-30-56(7-3)8-4,43-68-52(61)40-54-37-45-34-46(38-54)36-47(35-45)39-54)42-67-51(60)29-22-20-27-49(58)64-32-24-18-16-14-12-10-6-2/h15-18,45-47H,5-14,19-44H2,1-4H3/b17-15-,18-16-. The maximum atomic E-state index is 13.8. The van der Waals surface area contributed by atoms with Crippen LogP contribution in [0.4, 0.5) is 4.79 Å². The number of esters is 5. The Hall–Kier alpha value is -3.94. The number of allylic oxidation sites excluding steroid dienone is 2. The highest BCUT2D eigenvalue weighted by atomic mass is 16.7. The predicted octanol–water partition coefficient (Wildman–Crippen LogP) is 11.4. The molecule has 0 amide bonds. The average molecular weight is 974 g/mol. The van der Waals surface area contributed by atoms with Crippen molar-refractivity contribution in [2.24, 2.45) is 28.6 Å². The number of hydrogen-bond acceptors (Lipinski definition) is 14. The molecular weight excluding hydrogens is 883 g/mol. The first kappa shape index (κ1) is 59.4. The number of unbranched alkanes of at least 4 members (excludes halogenated alkanes) is 8. The Labute approximate surface area is 415 Å². The van der Waals surface area contributed by atoms with E-state index < -0.39 is 30.1 Å². The molecular formula is C55H91NO13. The van der Waals surface area contributed by atoms with Crippen molar-refractivity contribution in [3.63, 3.8) is 0 Å². The third-order valence-corrected chi connectivity index (χ3v) is 13.9. The van der Waals surface area contributed by atoms with Gasteiger partial charge in [-0.3, -0.25) is 24.0 Å². The van der Waals surface area contributed by atoms with Crippen LogP contribution in [0.2, 0.25) is 0 Å². The lowest BCUT2D eigenvalue weighted by molar-refractivity contribution is -0.169. The number of carbonyl (C=O) groups excluding carboxylic acids is 6. The molecule has 0 atom stereocenters. The Balaban J connectivity index is 1.61. The van der Waals surface area contributed by atoms with Gasteiger partial charge in [0, 0.05) is 32.2 Å². The van der Waals surface area contributed by atoms with E-state index in [-0.39, 0.29) is 81.9 Å². The van der Waals surface area contributed by atoms with Crippen LogP contribution in [0.25, 0.3) is 0 Å². The molecule has 0 aromatic carbocycles. The molecule has 0 radical (unpaired) electrons. The van der Waals surface area contributed by atoms with Crippen molar-refractivity contribution in [3.8, 4) is 0 Å². The lowest BCUT2D eigenvalue weighted by Crippen LogP contribution is -2.47. The molecule has 0 aromatic rings. The number of ether oxygens (including phenoxy) is 7. The second kappa shape index (κ2) is 35.2. The summed E-state index contributed by atoms with van der Waals surface area (Å²) in [6, 6.07) is 0. The lowest BCUT2D eigenvalue weighted by atomic mass is 9.49. The summed E-state index contributed by atoms with van der Waals surface area (Å²) in [4.78, 5) is 80.1. The van der Waals surface area contributed by atoms with Crippen LogP contribution in [-0.4, -0.2) is 107 Å². The minimum Gasteiger partial charge on any atom is -0.465 e. The van der Waals surface area contributed by atoms with Crippen LogP contribution >= 0.6 is 0 Å². The van der Waals surface area contributed by atoms with Crippen molar-refractivity contribution in [1.82, 2.24) is 4.90 Å². The van der Waals surface area contributed by atoms with Crippen LogP contribution in [0.15, 0.2) is 24.3 Å². The molecule has 0 N–H and O–H groups in total. The first-order chi connectivity index (χ1) is 33.4. The molecule has 4 aliphatic carbocycles. The first-order valence-corrected chi connectivity index (χ1v) is 27.0.